The van der Waals surface area contributed by atoms with Crippen molar-refractivity contribution in [1.82, 2.24) is 4.98 Å². The summed E-state index contributed by atoms with van der Waals surface area (Å²) in [5.74, 6) is 6.44. The van der Waals surface area contributed by atoms with Gasteiger partial charge in [-0.25, -0.2) is 4.98 Å². The number of nitrogens with one attached hydrogen (secondary N) is 1. The number of benzene rings is 2. The highest BCUT2D eigenvalue weighted by atomic mass is 32.1. The van der Waals surface area contributed by atoms with Crippen molar-refractivity contribution in [3.8, 4) is 16.3 Å². The van der Waals surface area contributed by atoms with Gasteiger partial charge in [-0.1, -0.05) is 6.07 Å². The zero-order valence-electron chi connectivity index (χ0n) is 10.4. The number of thiazole rings is 1. The van der Waals surface area contributed by atoms with Crippen LogP contribution in [0.3, 0.4) is 0 Å². The first-order chi connectivity index (χ1) is 9.33. The number of rotatable bonds is 3. The second kappa shape index (κ2) is 4.87. The fourth-order valence-electron chi connectivity index (χ4n) is 2.13. The monoisotopic (exact) mass is 271 g/mol. The summed E-state index contributed by atoms with van der Waals surface area (Å²) < 4.78 is 5.26. The van der Waals surface area contributed by atoms with Crippen LogP contribution >= 0.6 is 11.3 Å². The van der Waals surface area contributed by atoms with Gasteiger partial charge in [0.05, 0.1) is 12.8 Å². The lowest BCUT2D eigenvalue weighted by molar-refractivity contribution is 0.415. The van der Waals surface area contributed by atoms with Gasteiger partial charge < -0.3 is 10.2 Å². The van der Waals surface area contributed by atoms with E-state index in [4.69, 9.17) is 10.6 Å². The van der Waals surface area contributed by atoms with Gasteiger partial charge in [-0.3, -0.25) is 5.84 Å². The largest absolute Gasteiger partial charge is 0.497 e. The van der Waals surface area contributed by atoms with E-state index in [2.05, 4.69) is 10.4 Å². The Bertz CT molecular complexity index is 710. The van der Waals surface area contributed by atoms with Crippen LogP contribution in [0.2, 0.25) is 0 Å². The number of hydrogen-bond donors (Lipinski definition) is 2. The average Bonchev–Trinajstić information content (AvgIpc) is 2.99. The lowest BCUT2D eigenvalue weighted by Gasteiger charge is -2.11. The molecule has 96 valence electrons. The molecule has 0 fully saturated rings. The number of methoxy groups -OCH3 is 1. The van der Waals surface area contributed by atoms with E-state index in [1.165, 1.54) is 0 Å². The standard InChI is InChI=1S/C14H13N3OS/c1-18-10-3-4-11-9(8-10)2-5-12(17-15)13(11)14-16-6-7-19-14/h2-8,17H,15H2,1H3. The number of nitrogens with two attached hydrogens (primary N) is 1. The number of hydrogen-bond acceptors (Lipinski definition) is 5. The van der Waals surface area contributed by atoms with E-state index in [9.17, 15) is 0 Å². The summed E-state index contributed by atoms with van der Waals surface area (Å²) in [5, 5.41) is 5.11. The molecule has 1 aromatic heterocycles. The van der Waals surface area contributed by atoms with Crippen molar-refractivity contribution >= 4 is 27.8 Å². The third-order valence-electron chi connectivity index (χ3n) is 3.03. The van der Waals surface area contributed by atoms with Gasteiger partial charge in [0, 0.05) is 17.1 Å². The molecule has 0 atom stereocenters. The molecule has 0 aliphatic rings. The second-order valence-corrected chi connectivity index (χ2v) is 4.95. The third kappa shape index (κ3) is 2.03. The van der Waals surface area contributed by atoms with Crippen molar-refractivity contribution in [2.45, 2.75) is 0 Å². The van der Waals surface area contributed by atoms with Gasteiger partial charge in [0.2, 0.25) is 0 Å². The zero-order chi connectivity index (χ0) is 13.2. The summed E-state index contributed by atoms with van der Waals surface area (Å²) in [6, 6.07) is 9.96. The Morgan fingerprint density at radius 1 is 1.26 bits per heavy atom. The Morgan fingerprint density at radius 3 is 2.84 bits per heavy atom. The minimum Gasteiger partial charge on any atom is -0.497 e. The molecule has 0 aliphatic carbocycles. The van der Waals surface area contributed by atoms with Gasteiger partial charge >= 0.3 is 0 Å². The number of anilines is 1. The molecule has 0 saturated carbocycles. The Labute approximate surface area is 114 Å². The molecule has 0 radical (unpaired) electrons. The highest BCUT2D eigenvalue weighted by molar-refractivity contribution is 7.13. The number of nitrogen functional groups attached to an aromatic ring is 1. The van der Waals surface area contributed by atoms with Crippen LogP contribution in [-0.4, -0.2) is 12.1 Å². The van der Waals surface area contributed by atoms with Crippen molar-refractivity contribution in [1.29, 1.82) is 0 Å². The molecule has 19 heavy (non-hydrogen) atoms. The number of aromatic nitrogens is 1. The molecule has 2 aromatic carbocycles. The van der Waals surface area contributed by atoms with Crippen LogP contribution in [0.4, 0.5) is 5.69 Å². The quantitative estimate of drug-likeness (QED) is 0.567. The van der Waals surface area contributed by atoms with E-state index < -0.39 is 0 Å². The number of hydrazine groups is 1. The molecule has 3 N–H and O–H groups in total. The summed E-state index contributed by atoms with van der Waals surface area (Å²) in [5.41, 5.74) is 4.63. The summed E-state index contributed by atoms with van der Waals surface area (Å²) in [6.45, 7) is 0. The maximum Gasteiger partial charge on any atom is 0.126 e. The minimum atomic E-state index is 0.839. The molecular formula is C14H13N3OS. The summed E-state index contributed by atoms with van der Waals surface area (Å²) in [4.78, 5) is 4.38. The Balaban J connectivity index is 2.32. The van der Waals surface area contributed by atoms with E-state index in [0.717, 1.165) is 32.8 Å². The Hall–Kier alpha value is -2.11. The molecule has 3 aromatic rings. The number of ether oxygens (including phenoxy) is 1. The smallest absolute Gasteiger partial charge is 0.126 e. The minimum absolute atomic E-state index is 0.839. The molecule has 0 unspecified atom stereocenters. The molecule has 0 spiro atoms. The molecule has 0 amide bonds. The normalized spacial score (nSPS) is 10.6. The highest BCUT2D eigenvalue weighted by Gasteiger charge is 2.12. The average molecular weight is 271 g/mol. The van der Waals surface area contributed by atoms with E-state index >= 15 is 0 Å². The van der Waals surface area contributed by atoms with E-state index in [-0.39, 0.29) is 0 Å². The summed E-state index contributed by atoms with van der Waals surface area (Å²) >= 11 is 1.59. The van der Waals surface area contributed by atoms with Crippen molar-refractivity contribution in [3.05, 3.63) is 41.9 Å². The van der Waals surface area contributed by atoms with Crippen molar-refractivity contribution < 1.29 is 4.74 Å². The fraction of sp³-hybridized carbons (Fsp3) is 0.0714. The highest BCUT2D eigenvalue weighted by Crippen LogP contribution is 2.37. The predicted molar refractivity (Wildman–Crippen MR) is 79.4 cm³/mol. The molecule has 0 bridgehead atoms. The molecule has 1 heterocycles. The maximum absolute atomic E-state index is 5.61. The molecule has 0 saturated heterocycles. The molecule has 5 heteroatoms. The van der Waals surface area contributed by atoms with E-state index in [0.29, 0.717) is 0 Å². The summed E-state index contributed by atoms with van der Waals surface area (Å²) in [6.07, 6.45) is 1.79. The van der Waals surface area contributed by atoms with Crippen LogP contribution in [-0.2, 0) is 0 Å². The van der Waals surface area contributed by atoms with E-state index in [1.807, 2.05) is 35.7 Å². The molecule has 3 rings (SSSR count). The topological polar surface area (TPSA) is 60.2 Å². The van der Waals surface area contributed by atoms with Gasteiger partial charge in [-0.05, 0) is 35.0 Å². The first-order valence-electron chi connectivity index (χ1n) is 5.80. The Kier molecular flexibility index (Phi) is 3.06. The first-order valence-corrected chi connectivity index (χ1v) is 6.68. The number of nitrogens with zero attached hydrogens (tertiary/aromatic N) is 1. The van der Waals surface area contributed by atoms with E-state index in [1.54, 1.807) is 24.6 Å². The second-order valence-electron chi connectivity index (χ2n) is 4.06. The first kappa shape index (κ1) is 12.0. The van der Waals surface area contributed by atoms with Gasteiger partial charge in [-0.2, -0.15) is 0 Å². The van der Waals surface area contributed by atoms with Crippen molar-refractivity contribution in [3.63, 3.8) is 0 Å². The van der Waals surface area contributed by atoms with Crippen LogP contribution < -0.4 is 16.0 Å². The number of fused-ring (bicyclic) bond motifs is 1. The molecular weight excluding hydrogens is 258 g/mol. The van der Waals surface area contributed by atoms with Crippen molar-refractivity contribution in [2.24, 2.45) is 5.84 Å². The SMILES string of the molecule is COc1ccc2c(-c3nccs3)c(NN)ccc2c1. The third-order valence-corrected chi connectivity index (χ3v) is 3.82. The lowest BCUT2D eigenvalue weighted by atomic mass is 10.0. The maximum atomic E-state index is 5.61. The van der Waals surface area contributed by atoms with Gasteiger partial charge in [0.25, 0.3) is 0 Å². The van der Waals surface area contributed by atoms with Crippen LogP contribution in [0, 0.1) is 0 Å². The molecule has 0 aliphatic heterocycles. The van der Waals surface area contributed by atoms with Gasteiger partial charge in [0.1, 0.15) is 10.8 Å². The van der Waals surface area contributed by atoms with Crippen LogP contribution in [0.1, 0.15) is 0 Å². The Morgan fingerprint density at radius 2 is 2.16 bits per heavy atom. The summed E-state index contributed by atoms with van der Waals surface area (Å²) in [7, 11) is 1.67. The molecule has 4 nitrogen and oxygen atoms in total. The van der Waals surface area contributed by atoms with Gasteiger partial charge in [0.15, 0.2) is 0 Å². The van der Waals surface area contributed by atoms with Crippen LogP contribution in [0.15, 0.2) is 41.9 Å². The van der Waals surface area contributed by atoms with Crippen LogP contribution in [0.5, 0.6) is 5.75 Å². The predicted octanol–water partition coefficient (Wildman–Crippen LogP) is 3.26. The van der Waals surface area contributed by atoms with Crippen molar-refractivity contribution in [2.75, 3.05) is 12.5 Å². The zero-order valence-corrected chi connectivity index (χ0v) is 11.2. The van der Waals surface area contributed by atoms with Gasteiger partial charge in [-0.15, -0.1) is 11.3 Å². The fourth-order valence-corrected chi connectivity index (χ4v) is 2.84. The van der Waals surface area contributed by atoms with Crippen LogP contribution in [0.25, 0.3) is 21.3 Å². The lowest BCUT2D eigenvalue weighted by Crippen LogP contribution is -2.08.